The smallest absolute Gasteiger partial charge is 0.296 e. The number of anilines is 2. The zero-order chi connectivity index (χ0) is 13.2. The summed E-state index contributed by atoms with van der Waals surface area (Å²) in [6.45, 7) is 1.57. The van der Waals surface area contributed by atoms with Gasteiger partial charge in [0.25, 0.3) is 10.1 Å². The summed E-state index contributed by atoms with van der Waals surface area (Å²) in [5.41, 5.74) is 6.12. The molecular formula is C9H11ClN2O4S. The second kappa shape index (κ2) is 4.91. The van der Waals surface area contributed by atoms with E-state index in [4.69, 9.17) is 21.9 Å². The molecule has 0 aliphatic carbocycles. The maximum atomic E-state index is 11.1. The number of nitrogens with two attached hydrogens (primary N) is 1. The molecular weight excluding hydrogens is 268 g/mol. The maximum absolute atomic E-state index is 11.1. The van der Waals surface area contributed by atoms with Crippen LogP contribution in [-0.2, 0) is 14.9 Å². The fourth-order valence-corrected chi connectivity index (χ4v) is 1.99. The standard InChI is InChI=1S/C9H11ClN2O4S/c1-5-2-8(17(14,15)16)6(11)3-7(5)12-9(13)4-10/h2-3H,4,11H2,1H3,(H,12,13)(H,14,15,16). The van der Waals surface area contributed by atoms with Gasteiger partial charge < -0.3 is 11.1 Å². The second-order valence-corrected chi connectivity index (χ2v) is 5.02. The molecule has 0 saturated heterocycles. The maximum Gasteiger partial charge on any atom is 0.296 e. The van der Waals surface area contributed by atoms with Crippen LogP contribution in [0.3, 0.4) is 0 Å². The summed E-state index contributed by atoms with van der Waals surface area (Å²) in [5, 5.41) is 2.45. The molecule has 0 aliphatic rings. The predicted octanol–water partition coefficient (Wildman–Crippen LogP) is 1.00. The number of aryl methyl sites for hydroxylation is 1. The number of hydrogen-bond donors (Lipinski definition) is 3. The van der Waals surface area contributed by atoms with E-state index in [9.17, 15) is 13.2 Å². The Morgan fingerprint density at radius 2 is 2.12 bits per heavy atom. The van der Waals surface area contributed by atoms with Crippen LogP contribution in [0, 0.1) is 6.92 Å². The fourth-order valence-electron chi connectivity index (χ4n) is 1.24. The largest absolute Gasteiger partial charge is 0.398 e. The average Bonchev–Trinajstić information content (AvgIpc) is 2.21. The summed E-state index contributed by atoms with van der Waals surface area (Å²) in [6.07, 6.45) is 0. The molecule has 0 saturated carbocycles. The van der Waals surface area contributed by atoms with Crippen molar-refractivity contribution in [2.45, 2.75) is 11.8 Å². The summed E-state index contributed by atoms with van der Waals surface area (Å²) >= 11 is 5.32. The van der Waals surface area contributed by atoms with Crippen molar-refractivity contribution >= 4 is 39.0 Å². The predicted molar refractivity (Wildman–Crippen MR) is 64.8 cm³/mol. The molecule has 1 aromatic carbocycles. The lowest BCUT2D eigenvalue weighted by Gasteiger charge is -2.10. The highest BCUT2D eigenvalue weighted by Gasteiger charge is 2.16. The van der Waals surface area contributed by atoms with Gasteiger partial charge in [0.1, 0.15) is 10.8 Å². The van der Waals surface area contributed by atoms with E-state index >= 15 is 0 Å². The molecule has 6 nitrogen and oxygen atoms in total. The Balaban J connectivity index is 3.24. The topological polar surface area (TPSA) is 109 Å². The van der Waals surface area contributed by atoms with E-state index in [0.717, 1.165) is 0 Å². The lowest BCUT2D eigenvalue weighted by atomic mass is 10.2. The van der Waals surface area contributed by atoms with Gasteiger partial charge in [-0.2, -0.15) is 8.42 Å². The third-order valence-electron chi connectivity index (χ3n) is 2.03. The SMILES string of the molecule is Cc1cc(S(=O)(=O)O)c(N)cc1NC(=O)CCl. The van der Waals surface area contributed by atoms with Crippen LogP contribution in [0.25, 0.3) is 0 Å². The van der Waals surface area contributed by atoms with Crippen LogP contribution in [0.4, 0.5) is 11.4 Å². The lowest BCUT2D eigenvalue weighted by molar-refractivity contribution is -0.113. The molecule has 1 aromatic rings. The van der Waals surface area contributed by atoms with Gasteiger partial charge in [-0.3, -0.25) is 9.35 Å². The van der Waals surface area contributed by atoms with E-state index in [2.05, 4.69) is 5.32 Å². The monoisotopic (exact) mass is 278 g/mol. The molecule has 8 heteroatoms. The first-order chi connectivity index (χ1) is 7.75. The minimum absolute atomic E-state index is 0.150. The lowest BCUT2D eigenvalue weighted by Crippen LogP contribution is -2.14. The van der Waals surface area contributed by atoms with Crippen molar-refractivity contribution in [3.05, 3.63) is 17.7 Å². The molecule has 0 fully saturated rings. The van der Waals surface area contributed by atoms with Gasteiger partial charge in [0, 0.05) is 5.69 Å². The van der Waals surface area contributed by atoms with E-state index in [1.54, 1.807) is 6.92 Å². The summed E-state index contributed by atoms with van der Waals surface area (Å²) in [6, 6.07) is 2.43. The number of nitrogens with one attached hydrogen (secondary N) is 1. The minimum atomic E-state index is -4.37. The van der Waals surface area contributed by atoms with Crippen LogP contribution < -0.4 is 11.1 Å². The first kappa shape index (κ1) is 13.8. The normalized spacial score (nSPS) is 11.2. The average molecular weight is 279 g/mol. The second-order valence-electron chi connectivity index (χ2n) is 3.36. The number of nitrogen functional groups attached to an aromatic ring is 1. The van der Waals surface area contributed by atoms with Gasteiger partial charge in [-0.05, 0) is 24.6 Å². The molecule has 0 unspecified atom stereocenters. The van der Waals surface area contributed by atoms with Crippen LogP contribution in [0.15, 0.2) is 17.0 Å². The molecule has 0 radical (unpaired) electrons. The fraction of sp³-hybridized carbons (Fsp3) is 0.222. The molecule has 94 valence electrons. The number of amides is 1. The number of carbonyl (C=O) groups is 1. The highest BCUT2D eigenvalue weighted by atomic mass is 35.5. The Morgan fingerprint density at radius 1 is 1.53 bits per heavy atom. The van der Waals surface area contributed by atoms with E-state index in [1.165, 1.54) is 12.1 Å². The zero-order valence-corrected chi connectivity index (χ0v) is 10.5. The van der Waals surface area contributed by atoms with Crippen LogP contribution in [-0.4, -0.2) is 24.8 Å². The van der Waals surface area contributed by atoms with Gasteiger partial charge in [-0.25, -0.2) is 0 Å². The zero-order valence-electron chi connectivity index (χ0n) is 8.90. The van der Waals surface area contributed by atoms with E-state index in [1.807, 2.05) is 0 Å². The number of carbonyl (C=O) groups excluding carboxylic acids is 1. The van der Waals surface area contributed by atoms with E-state index in [-0.39, 0.29) is 16.5 Å². The Morgan fingerprint density at radius 3 is 2.59 bits per heavy atom. The Bertz CT molecular complexity index is 556. The first-order valence-corrected chi connectivity index (χ1v) is 6.46. The minimum Gasteiger partial charge on any atom is -0.398 e. The van der Waals surface area contributed by atoms with Crippen molar-refractivity contribution in [2.75, 3.05) is 16.9 Å². The summed E-state index contributed by atoms with van der Waals surface area (Å²) in [7, 11) is -4.37. The molecule has 1 amide bonds. The molecule has 0 bridgehead atoms. The van der Waals surface area contributed by atoms with E-state index < -0.39 is 16.0 Å². The summed E-state index contributed by atoms with van der Waals surface area (Å²) < 4.78 is 30.8. The Kier molecular flexibility index (Phi) is 3.97. The van der Waals surface area contributed by atoms with Crippen molar-refractivity contribution in [3.63, 3.8) is 0 Å². The van der Waals surface area contributed by atoms with Gasteiger partial charge in [-0.15, -0.1) is 11.6 Å². The van der Waals surface area contributed by atoms with Crippen molar-refractivity contribution in [2.24, 2.45) is 0 Å². The van der Waals surface area contributed by atoms with E-state index in [0.29, 0.717) is 11.3 Å². The molecule has 0 spiro atoms. The number of rotatable bonds is 3. The summed E-state index contributed by atoms with van der Waals surface area (Å²) in [4.78, 5) is 10.7. The summed E-state index contributed by atoms with van der Waals surface area (Å²) in [5.74, 6) is -0.659. The van der Waals surface area contributed by atoms with Crippen molar-refractivity contribution in [1.82, 2.24) is 0 Å². The van der Waals surface area contributed by atoms with Crippen molar-refractivity contribution in [3.8, 4) is 0 Å². The highest BCUT2D eigenvalue weighted by Crippen LogP contribution is 2.26. The van der Waals surface area contributed by atoms with Gasteiger partial charge >= 0.3 is 0 Å². The Hall–Kier alpha value is -1.31. The molecule has 0 atom stereocenters. The van der Waals surface area contributed by atoms with Crippen LogP contribution in [0.1, 0.15) is 5.56 Å². The van der Waals surface area contributed by atoms with Gasteiger partial charge in [0.15, 0.2) is 0 Å². The van der Waals surface area contributed by atoms with Gasteiger partial charge in [0.05, 0.1) is 5.69 Å². The van der Waals surface area contributed by atoms with Crippen LogP contribution in [0.2, 0.25) is 0 Å². The van der Waals surface area contributed by atoms with Gasteiger partial charge in [-0.1, -0.05) is 0 Å². The molecule has 0 heterocycles. The third kappa shape index (κ3) is 3.32. The van der Waals surface area contributed by atoms with Crippen molar-refractivity contribution in [1.29, 1.82) is 0 Å². The molecule has 17 heavy (non-hydrogen) atoms. The first-order valence-electron chi connectivity index (χ1n) is 4.49. The van der Waals surface area contributed by atoms with Gasteiger partial charge in [0.2, 0.25) is 5.91 Å². The quantitative estimate of drug-likeness (QED) is 0.434. The molecule has 4 N–H and O–H groups in total. The third-order valence-corrected chi connectivity index (χ3v) is 3.18. The molecule has 0 aromatic heterocycles. The molecule has 0 aliphatic heterocycles. The number of benzene rings is 1. The molecule has 1 rings (SSSR count). The van der Waals surface area contributed by atoms with Crippen LogP contribution >= 0.6 is 11.6 Å². The number of alkyl halides is 1. The number of halogens is 1. The van der Waals surface area contributed by atoms with Crippen LogP contribution in [0.5, 0.6) is 0 Å². The van der Waals surface area contributed by atoms with Crippen molar-refractivity contribution < 1.29 is 17.8 Å². The Labute approximate surface area is 104 Å². The number of hydrogen-bond acceptors (Lipinski definition) is 4. The highest BCUT2D eigenvalue weighted by molar-refractivity contribution is 7.86.